The van der Waals surface area contributed by atoms with Crippen LogP contribution in [-0.2, 0) is 9.84 Å². The van der Waals surface area contributed by atoms with Crippen LogP contribution in [0.25, 0.3) is 0 Å². The van der Waals surface area contributed by atoms with Gasteiger partial charge in [-0.05, 0) is 36.4 Å². The summed E-state index contributed by atoms with van der Waals surface area (Å²) in [5.41, 5.74) is 7.13. The molecule has 3 N–H and O–H groups in total. The maximum absolute atomic E-state index is 13.0. The highest BCUT2D eigenvalue weighted by molar-refractivity contribution is 7.90. The molecule has 0 heterocycles. The minimum absolute atomic E-state index is 0.148. The predicted octanol–water partition coefficient (Wildman–Crippen LogP) is 2.55. The van der Waals surface area contributed by atoms with Gasteiger partial charge < -0.3 is 11.1 Å². The minimum atomic E-state index is -3.29. The van der Waals surface area contributed by atoms with Gasteiger partial charge in [-0.15, -0.1) is 0 Å². The molecule has 0 aromatic heterocycles. The molecule has 2 rings (SSSR count). The fourth-order valence-electron chi connectivity index (χ4n) is 1.61. The van der Waals surface area contributed by atoms with Crippen molar-refractivity contribution < 1.29 is 12.8 Å². The molecule has 0 spiro atoms. The molecule has 6 heteroatoms. The highest BCUT2D eigenvalue weighted by Crippen LogP contribution is 2.26. The average molecular weight is 280 g/mol. The molecule has 0 unspecified atom stereocenters. The van der Waals surface area contributed by atoms with Crippen LogP contribution in [0.1, 0.15) is 0 Å². The quantitative estimate of drug-likeness (QED) is 0.848. The number of nitrogens with two attached hydrogens (primary N) is 1. The number of nitrogens with one attached hydrogen (secondary N) is 1. The van der Waals surface area contributed by atoms with Gasteiger partial charge in [0.25, 0.3) is 0 Å². The van der Waals surface area contributed by atoms with Crippen molar-refractivity contribution in [3.63, 3.8) is 0 Å². The van der Waals surface area contributed by atoms with E-state index in [1.165, 1.54) is 24.3 Å². The van der Waals surface area contributed by atoms with E-state index in [9.17, 15) is 12.8 Å². The molecular weight excluding hydrogens is 267 g/mol. The van der Waals surface area contributed by atoms with E-state index in [1.807, 2.05) is 0 Å². The third-order valence-corrected chi connectivity index (χ3v) is 3.67. The first-order chi connectivity index (χ1) is 8.86. The first kappa shape index (κ1) is 13.4. The number of anilines is 3. The average Bonchev–Trinajstić information content (AvgIpc) is 2.30. The van der Waals surface area contributed by atoms with E-state index in [0.29, 0.717) is 11.4 Å². The Labute approximate surface area is 111 Å². The zero-order valence-electron chi connectivity index (χ0n) is 10.2. The molecule has 0 saturated heterocycles. The van der Waals surface area contributed by atoms with E-state index in [1.54, 1.807) is 18.2 Å². The lowest BCUT2D eigenvalue weighted by molar-refractivity contribution is 0.602. The van der Waals surface area contributed by atoms with Gasteiger partial charge in [-0.1, -0.05) is 6.07 Å². The van der Waals surface area contributed by atoms with E-state index >= 15 is 0 Å². The molecule has 4 nitrogen and oxygen atoms in total. The van der Waals surface area contributed by atoms with E-state index in [0.717, 1.165) is 6.26 Å². The molecule has 0 aliphatic heterocycles. The summed E-state index contributed by atoms with van der Waals surface area (Å²) in [6.07, 6.45) is 1.11. The number of sulfone groups is 1. The highest BCUT2D eigenvalue weighted by atomic mass is 32.2. The van der Waals surface area contributed by atoms with Gasteiger partial charge in [-0.25, -0.2) is 12.8 Å². The third-order valence-electron chi connectivity index (χ3n) is 2.55. The summed E-state index contributed by atoms with van der Waals surface area (Å²) in [6.45, 7) is 0. The van der Waals surface area contributed by atoms with E-state index in [-0.39, 0.29) is 16.4 Å². The van der Waals surface area contributed by atoms with Crippen molar-refractivity contribution in [2.75, 3.05) is 17.3 Å². The molecule has 0 saturated carbocycles. The number of halogens is 1. The zero-order valence-corrected chi connectivity index (χ0v) is 11.0. The number of hydrogen-bond donors (Lipinski definition) is 2. The van der Waals surface area contributed by atoms with Crippen LogP contribution in [0.15, 0.2) is 47.4 Å². The van der Waals surface area contributed by atoms with Gasteiger partial charge in [0.1, 0.15) is 5.82 Å². The Hall–Kier alpha value is -2.08. The summed E-state index contributed by atoms with van der Waals surface area (Å²) in [4.78, 5) is 0.148. The lowest BCUT2D eigenvalue weighted by Crippen LogP contribution is -2.01. The predicted molar refractivity (Wildman–Crippen MR) is 73.6 cm³/mol. The number of rotatable bonds is 3. The second-order valence-electron chi connectivity index (χ2n) is 4.16. The van der Waals surface area contributed by atoms with E-state index in [2.05, 4.69) is 5.32 Å². The Bertz CT molecular complexity index is 714. The van der Waals surface area contributed by atoms with Crippen molar-refractivity contribution in [2.24, 2.45) is 0 Å². The van der Waals surface area contributed by atoms with Gasteiger partial charge in [-0.2, -0.15) is 0 Å². The first-order valence-corrected chi connectivity index (χ1v) is 7.37. The molecule has 0 atom stereocenters. The molecule has 0 aliphatic rings. The lowest BCUT2D eigenvalue weighted by atomic mass is 10.2. The summed E-state index contributed by atoms with van der Waals surface area (Å²) in [7, 11) is -3.29. The van der Waals surface area contributed by atoms with Gasteiger partial charge >= 0.3 is 0 Å². The Balaban J connectivity index is 2.32. The lowest BCUT2D eigenvalue weighted by Gasteiger charge is -2.10. The monoisotopic (exact) mass is 280 g/mol. The normalized spacial score (nSPS) is 11.3. The molecule has 0 bridgehead atoms. The third kappa shape index (κ3) is 3.23. The van der Waals surface area contributed by atoms with Crippen LogP contribution in [0, 0.1) is 5.82 Å². The largest absolute Gasteiger partial charge is 0.397 e. The summed E-state index contributed by atoms with van der Waals surface area (Å²) < 4.78 is 35.8. The van der Waals surface area contributed by atoms with Crippen LogP contribution in [0.3, 0.4) is 0 Å². The van der Waals surface area contributed by atoms with Crippen molar-refractivity contribution >= 4 is 26.9 Å². The van der Waals surface area contributed by atoms with Crippen molar-refractivity contribution in [2.45, 2.75) is 4.90 Å². The number of hydrogen-bond acceptors (Lipinski definition) is 4. The maximum atomic E-state index is 13.0. The minimum Gasteiger partial charge on any atom is -0.397 e. The summed E-state index contributed by atoms with van der Waals surface area (Å²) in [5.74, 6) is -0.365. The first-order valence-electron chi connectivity index (χ1n) is 5.48. The van der Waals surface area contributed by atoms with Crippen molar-refractivity contribution in [3.05, 3.63) is 48.3 Å². The van der Waals surface area contributed by atoms with Crippen LogP contribution in [0.4, 0.5) is 21.5 Å². The Morgan fingerprint density at radius 1 is 1.16 bits per heavy atom. The molecule has 0 amide bonds. The topological polar surface area (TPSA) is 72.2 Å². The van der Waals surface area contributed by atoms with E-state index in [4.69, 9.17) is 5.73 Å². The van der Waals surface area contributed by atoms with Crippen LogP contribution >= 0.6 is 0 Å². The second kappa shape index (κ2) is 4.89. The molecule has 0 fully saturated rings. The zero-order chi connectivity index (χ0) is 14.0. The number of benzene rings is 2. The number of nitrogen functional groups attached to an aromatic ring is 1. The van der Waals surface area contributed by atoms with Crippen molar-refractivity contribution in [3.8, 4) is 0 Å². The molecule has 0 radical (unpaired) electrons. The summed E-state index contributed by atoms with van der Waals surface area (Å²) >= 11 is 0. The van der Waals surface area contributed by atoms with Gasteiger partial charge in [0.2, 0.25) is 0 Å². The molecule has 0 aliphatic carbocycles. The van der Waals surface area contributed by atoms with Gasteiger partial charge in [0.05, 0.1) is 16.3 Å². The molecule has 2 aromatic carbocycles. The summed E-state index contributed by atoms with van der Waals surface area (Å²) in [5, 5.41) is 2.93. The van der Waals surface area contributed by atoms with Crippen LogP contribution in [0.2, 0.25) is 0 Å². The van der Waals surface area contributed by atoms with Gasteiger partial charge in [-0.3, -0.25) is 0 Å². The molecule has 2 aromatic rings. The summed E-state index contributed by atoms with van der Waals surface area (Å²) in [6, 6.07) is 10.3. The van der Waals surface area contributed by atoms with Crippen molar-refractivity contribution in [1.29, 1.82) is 0 Å². The fraction of sp³-hybridized carbons (Fsp3) is 0.0769. The van der Waals surface area contributed by atoms with Crippen molar-refractivity contribution in [1.82, 2.24) is 0 Å². The standard InChI is InChI=1S/C13H13FN2O2S/c1-19(17,18)11-5-6-13(12(15)8-11)16-10-4-2-3-9(14)7-10/h2-8,16H,15H2,1H3. The Kier molecular flexibility index (Phi) is 3.44. The molecular formula is C13H13FN2O2S. The fourth-order valence-corrected chi connectivity index (χ4v) is 2.26. The Morgan fingerprint density at radius 3 is 2.47 bits per heavy atom. The second-order valence-corrected chi connectivity index (χ2v) is 6.17. The van der Waals surface area contributed by atoms with Crippen LogP contribution in [-0.4, -0.2) is 14.7 Å². The van der Waals surface area contributed by atoms with E-state index < -0.39 is 9.84 Å². The molecule has 100 valence electrons. The maximum Gasteiger partial charge on any atom is 0.175 e. The van der Waals surface area contributed by atoms with Gasteiger partial charge in [0, 0.05) is 11.9 Å². The highest BCUT2D eigenvalue weighted by Gasteiger charge is 2.09. The van der Waals surface area contributed by atoms with Gasteiger partial charge in [0.15, 0.2) is 9.84 Å². The smallest absolute Gasteiger partial charge is 0.175 e. The Morgan fingerprint density at radius 2 is 1.89 bits per heavy atom. The van der Waals surface area contributed by atoms with Crippen LogP contribution in [0.5, 0.6) is 0 Å². The molecule has 19 heavy (non-hydrogen) atoms. The van der Waals surface area contributed by atoms with Crippen LogP contribution < -0.4 is 11.1 Å². The SMILES string of the molecule is CS(=O)(=O)c1ccc(Nc2cccc(F)c2)c(N)c1.